The summed E-state index contributed by atoms with van der Waals surface area (Å²) in [6.07, 6.45) is 3.70. The van der Waals surface area contributed by atoms with E-state index in [4.69, 9.17) is 14.7 Å². The Hall–Kier alpha value is -1.28. The first-order valence-corrected chi connectivity index (χ1v) is 10.6. The van der Waals surface area contributed by atoms with Crippen LogP contribution in [0.4, 0.5) is 5.82 Å². The van der Waals surface area contributed by atoms with Crippen LogP contribution in [0.3, 0.4) is 0 Å². The summed E-state index contributed by atoms with van der Waals surface area (Å²) in [5, 5.41) is 1.36. The van der Waals surface area contributed by atoms with Crippen LogP contribution >= 0.6 is 11.3 Å². The van der Waals surface area contributed by atoms with Crippen molar-refractivity contribution in [1.29, 1.82) is 0 Å². The summed E-state index contributed by atoms with van der Waals surface area (Å²) in [7, 11) is 2.21. The summed E-state index contributed by atoms with van der Waals surface area (Å²) in [5.74, 6) is 2.18. The maximum Gasteiger partial charge on any atom is 0.146 e. The van der Waals surface area contributed by atoms with E-state index < -0.39 is 0 Å². The zero-order valence-corrected chi connectivity index (χ0v) is 16.4. The molecule has 7 heteroatoms. The van der Waals surface area contributed by atoms with Crippen LogP contribution < -0.4 is 4.90 Å². The fourth-order valence-electron chi connectivity index (χ4n) is 4.30. The molecule has 2 saturated heterocycles. The fourth-order valence-corrected chi connectivity index (χ4v) is 5.57. The first-order valence-electron chi connectivity index (χ1n) is 9.83. The number of ether oxygens (including phenoxy) is 1. The zero-order chi connectivity index (χ0) is 17.5. The molecule has 0 amide bonds. The monoisotopic (exact) mass is 373 g/mol. The van der Waals surface area contributed by atoms with Crippen LogP contribution in [0.5, 0.6) is 0 Å². The highest BCUT2D eigenvalue weighted by atomic mass is 32.1. The van der Waals surface area contributed by atoms with Gasteiger partial charge in [-0.2, -0.15) is 0 Å². The van der Waals surface area contributed by atoms with E-state index in [-0.39, 0.29) is 0 Å². The van der Waals surface area contributed by atoms with Gasteiger partial charge >= 0.3 is 0 Å². The van der Waals surface area contributed by atoms with Gasteiger partial charge in [-0.05, 0) is 31.9 Å². The Labute approximate surface area is 158 Å². The molecule has 0 spiro atoms. The number of hydrogen-bond acceptors (Lipinski definition) is 7. The normalized spacial score (nSPS) is 22.3. The topological polar surface area (TPSA) is 44.7 Å². The average Bonchev–Trinajstić information content (AvgIpc) is 3.23. The zero-order valence-electron chi connectivity index (χ0n) is 15.5. The van der Waals surface area contributed by atoms with Crippen molar-refractivity contribution in [1.82, 2.24) is 19.8 Å². The Morgan fingerprint density at radius 1 is 1.00 bits per heavy atom. The molecule has 0 N–H and O–H groups in total. The second kappa shape index (κ2) is 7.03. The second-order valence-corrected chi connectivity index (χ2v) is 8.76. The molecule has 2 aromatic heterocycles. The van der Waals surface area contributed by atoms with E-state index in [0.29, 0.717) is 0 Å². The number of hydrogen-bond donors (Lipinski definition) is 0. The minimum absolute atomic E-state index is 0.820. The number of thiophene rings is 1. The highest BCUT2D eigenvalue weighted by molar-refractivity contribution is 7.19. The van der Waals surface area contributed by atoms with Crippen LogP contribution in [0.2, 0.25) is 0 Å². The molecule has 0 atom stereocenters. The van der Waals surface area contributed by atoms with E-state index >= 15 is 0 Å². The lowest BCUT2D eigenvalue weighted by Crippen LogP contribution is -2.45. The van der Waals surface area contributed by atoms with Crippen molar-refractivity contribution in [3.8, 4) is 0 Å². The summed E-state index contributed by atoms with van der Waals surface area (Å²) in [5.41, 5.74) is 1.54. The van der Waals surface area contributed by atoms with Gasteiger partial charge in [-0.1, -0.05) is 0 Å². The molecular weight excluding hydrogens is 346 g/mol. The number of piperazine rings is 1. The maximum absolute atomic E-state index is 5.48. The maximum atomic E-state index is 5.48. The quantitative estimate of drug-likeness (QED) is 0.817. The largest absolute Gasteiger partial charge is 0.379 e. The fraction of sp³-hybridized carbons (Fsp3) is 0.684. The van der Waals surface area contributed by atoms with Crippen molar-refractivity contribution in [3.63, 3.8) is 0 Å². The number of fused-ring (bicyclic) bond motifs is 3. The second-order valence-electron chi connectivity index (χ2n) is 7.68. The van der Waals surface area contributed by atoms with Crippen molar-refractivity contribution in [3.05, 3.63) is 16.3 Å². The SMILES string of the molecule is CN1CCN(c2nc(CN3CCOCC3)nc3sc4c(c23)CCC4)CC1. The van der Waals surface area contributed by atoms with Crippen LogP contribution in [0.1, 0.15) is 22.7 Å². The number of aromatic nitrogens is 2. The Morgan fingerprint density at radius 3 is 2.62 bits per heavy atom. The van der Waals surface area contributed by atoms with Gasteiger partial charge in [0, 0.05) is 44.1 Å². The molecule has 1 aliphatic carbocycles. The van der Waals surface area contributed by atoms with Gasteiger partial charge in [0.2, 0.25) is 0 Å². The van der Waals surface area contributed by atoms with Gasteiger partial charge in [-0.25, -0.2) is 9.97 Å². The molecule has 3 aliphatic rings. The lowest BCUT2D eigenvalue weighted by atomic mass is 10.1. The van der Waals surface area contributed by atoms with E-state index in [1.807, 2.05) is 11.3 Å². The van der Waals surface area contributed by atoms with Crippen LogP contribution in [-0.4, -0.2) is 79.3 Å². The summed E-state index contributed by atoms with van der Waals surface area (Å²) >= 11 is 1.91. The minimum Gasteiger partial charge on any atom is -0.379 e. The van der Waals surface area contributed by atoms with Gasteiger partial charge in [-0.3, -0.25) is 4.90 Å². The van der Waals surface area contributed by atoms with Crippen LogP contribution in [0, 0.1) is 0 Å². The van der Waals surface area contributed by atoms with Gasteiger partial charge in [0.1, 0.15) is 16.5 Å². The third kappa shape index (κ3) is 3.11. The molecule has 26 heavy (non-hydrogen) atoms. The number of nitrogens with zero attached hydrogens (tertiary/aromatic N) is 5. The first kappa shape index (κ1) is 16.9. The molecule has 2 aromatic rings. The highest BCUT2D eigenvalue weighted by Gasteiger charge is 2.26. The molecule has 0 radical (unpaired) electrons. The molecule has 2 fully saturated rings. The van der Waals surface area contributed by atoms with Crippen molar-refractivity contribution >= 4 is 27.4 Å². The smallest absolute Gasteiger partial charge is 0.146 e. The minimum atomic E-state index is 0.820. The molecule has 0 saturated carbocycles. The molecule has 0 unspecified atom stereocenters. The summed E-state index contributed by atoms with van der Waals surface area (Å²) < 4.78 is 5.48. The molecule has 0 aromatic carbocycles. The van der Waals surface area contributed by atoms with E-state index in [2.05, 4.69) is 21.7 Å². The Kier molecular flexibility index (Phi) is 4.56. The molecule has 6 nitrogen and oxygen atoms in total. The van der Waals surface area contributed by atoms with Crippen LogP contribution in [0.15, 0.2) is 0 Å². The summed E-state index contributed by atoms with van der Waals surface area (Å²) in [4.78, 5) is 20.2. The predicted molar refractivity (Wildman–Crippen MR) is 105 cm³/mol. The molecule has 2 aliphatic heterocycles. The van der Waals surface area contributed by atoms with Crippen molar-refractivity contribution < 1.29 is 4.74 Å². The Balaban J connectivity index is 1.53. The third-order valence-corrected chi connectivity index (χ3v) is 7.05. The molecule has 4 heterocycles. The first-order chi connectivity index (χ1) is 12.8. The van der Waals surface area contributed by atoms with Crippen molar-refractivity contribution in [2.45, 2.75) is 25.8 Å². The lowest BCUT2D eigenvalue weighted by molar-refractivity contribution is 0.0331. The van der Waals surface area contributed by atoms with Gasteiger partial charge in [0.05, 0.1) is 25.1 Å². The van der Waals surface area contributed by atoms with Crippen molar-refractivity contribution in [2.75, 3.05) is 64.4 Å². The number of likely N-dealkylation sites (N-methyl/N-ethyl adjacent to an activating group) is 1. The number of anilines is 1. The van der Waals surface area contributed by atoms with Gasteiger partial charge in [0.25, 0.3) is 0 Å². The molecule has 140 valence electrons. The van der Waals surface area contributed by atoms with E-state index in [9.17, 15) is 0 Å². The molecular formula is C19H27N5OS. The van der Waals surface area contributed by atoms with Gasteiger partial charge < -0.3 is 14.5 Å². The Bertz CT molecular complexity index is 793. The predicted octanol–water partition coefficient (Wildman–Crippen LogP) is 1.76. The summed E-state index contributed by atoms with van der Waals surface area (Å²) in [6, 6.07) is 0. The van der Waals surface area contributed by atoms with Crippen molar-refractivity contribution in [2.24, 2.45) is 0 Å². The van der Waals surface area contributed by atoms with Crippen LogP contribution in [-0.2, 0) is 24.1 Å². The van der Waals surface area contributed by atoms with E-state index in [0.717, 1.165) is 64.9 Å². The van der Waals surface area contributed by atoms with E-state index in [1.54, 1.807) is 4.88 Å². The number of morpholine rings is 1. The van der Waals surface area contributed by atoms with E-state index in [1.165, 1.54) is 40.9 Å². The van der Waals surface area contributed by atoms with Gasteiger partial charge in [0.15, 0.2) is 0 Å². The lowest BCUT2D eigenvalue weighted by Gasteiger charge is -2.34. The number of rotatable bonds is 3. The highest BCUT2D eigenvalue weighted by Crippen LogP contribution is 2.40. The standard InChI is InChI=1S/C19H27N5OS/c1-22-5-7-24(8-6-22)18-17-14-3-2-4-15(14)26-19(17)21-16(20-18)13-23-9-11-25-12-10-23/h2-13H2,1H3. The Morgan fingerprint density at radius 2 is 1.81 bits per heavy atom. The van der Waals surface area contributed by atoms with Gasteiger partial charge in [-0.15, -0.1) is 11.3 Å². The molecule has 0 bridgehead atoms. The number of aryl methyl sites for hydroxylation is 2. The average molecular weight is 374 g/mol. The van der Waals surface area contributed by atoms with Crippen LogP contribution in [0.25, 0.3) is 10.2 Å². The third-order valence-electron chi connectivity index (χ3n) is 5.86. The summed E-state index contributed by atoms with van der Waals surface area (Å²) in [6.45, 7) is 8.77. The molecule has 5 rings (SSSR count).